The maximum Gasteiger partial charge on any atom is 0.226 e. The van der Waals surface area contributed by atoms with Gasteiger partial charge < -0.3 is 15.4 Å². The number of aromatic nitrogens is 4. The van der Waals surface area contributed by atoms with Crippen molar-refractivity contribution in [3.63, 3.8) is 0 Å². The van der Waals surface area contributed by atoms with Gasteiger partial charge >= 0.3 is 0 Å². The van der Waals surface area contributed by atoms with Crippen molar-refractivity contribution in [2.45, 2.75) is 25.5 Å². The van der Waals surface area contributed by atoms with Crippen LogP contribution in [0, 0.1) is 0 Å². The predicted molar refractivity (Wildman–Crippen MR) is 112 cm³/mol. The van der Waals surface area contributed by atoms with Crippen LogP contribution in [0.1, 0.15) is 30.4 Å². The molecule has 0 bridgehead atoms. The second-order valence-corrected chi connectivity index (χ2v) is 8.82. The highest BCUT2D eigenvalue weighted by molar-refractivity contribution is 7.19. The van der Waals surface area contributed by atoms with Crippen molar-refractivity contribution >= 4 is 38.4 Å². The van der Waals surface area contributed by atoms with Gasteiger partial charge in [-0.05, 0) is 31.5 Å². The fourth-order valence-electron chi connectivity index (χ4n) is 3.59. The van der Waals surface area contributed by atoms with Gasteiger partial charge in [-0.2, -0.15) is 5.10 Å². The lowest BCUT2D eigenvalue weighted by molar-refractivity contribution is 0.0402. The summed E-state index contributed by atoms with van der Waals surface area (Å²) in [5, 5.41) is 8.28. The normalized spacial score (nSPS) is 18.2. The first-order valence-corrected chi connectivity index (χ1v) is 10.2. The van der Waals surface area contributed by atoms with Gasteiger partial charge in [0, 0.05) is 22.3 Å². The first-order chi connectivity index (χ1) is 13.5. The number of thiophene rings is 1. The van der Waals surface area contributed by atoms with Gasteiger partial charge in [-0.25, -0.2) is 9.97 Å². The van der Waals surface area contributed by atoms with E-state index >= 15 is 0 Å². The Labute approximate surface area is 166 Å². The quantitative estimate of drug-likeness (QED) is 0.554. The van der Waals surface area contributed by atoms with Gasteiger partial charge in [-0.3, -0.25) is 5.10 Å². The number of ether oxygens (including phenoxy) is 1. The largest absolute Gasteiger partial charge is 0.370 e. The number of fused-ring (bicyclic) bond motifs is 2. The van der Waals surface area contributed by atoms with E-state index in [0.717, 1.165) is 44.1 Å². The molecular weight excluding hydrogens is 372 g/mol. The summed E-state index contributed by atoms with van der Waals surface area (Å²) in [7, 11) is 0. The van der Waals surface area contributed by atoms with Crippen molar-refractivity contribution in [1.82, 2.24) is 20.2 Å². The highest BCUT2D eigenvalue weighted by Crippen LogP contribution is 2.33. The molecule has 28 heavy (non-hydrogen) atoms. The van der Waals surface area contributed by atoms with Gasteiger partial charge in [0.15, 0.2) is 0 Å². The maximum atomic E-state index is 6.25. The van der Waals surface area contributed by atoms with E-state index in [9.17, 15) is 0 Å². The van der Waals surface area contributed by atoms with Crippen LogP contribution in [0.4, 0.5) is 5.95 Å². The molecule has 1 aliphatic heterocycles. The number of hydrogen-bond acceptors (Lipinski definition) is 7. The Hall–Kier alpha value is -2.55. The molecule has 144 valence electrons. The Bertz CT molecular complexity index is 1140. The van der Waals surface area contributed by atoms with Gasteiger partial charge in [0.25, 0.3) is 0 Å². The molecule has 4 aromatic rings. The number of rotatable bonds is 3. The Kier molecular flexibility index (Phi) is 4.08. The molecule has 1 atom stereocenters. The van der Waals surface area contributed by atoms with E-state index in [4.69, 9.17) is 15.5 Å². The Morgan fingerprint density at radius 1 is 1.32 bits per heavy atom. The summed E-state index contributed by atoms with van der Waals surface area (Å²) >= 11 is 1.66. The van der Waals surface area contributed by atoms with Gasteiger partial charge in [0.2, 0.25) is 5.95 Å². The summed E-state index contributed by atoms with van der Waals surface area (Å²) < 4.78 is 7.14. The fourth-order valence-corrected chi connectivity index (χ4v) is 4.57. The second-order valence-electron chi connectivity index (χ2n) is 7.74. The maximum absolute atomic E-state index is 6.25. The minimum Gasteiger partial charge on any atom is -0.370 e. The third kappa shape index (κ3) is 3.03. The van der Waals surface area contributed by atoms with Crippen LogP contribution in [0.15, 0.2) is 36.7 Å². The van der Waals surface area contributed by atoms with Crippen LogP contribution in [-0.4, -0.2) is 39.9 Å². The first-order valence-electron chi connectivity index (χ1n) is 9.33. The van der Waals surface area contributed by atoms with Gasteiger partial charge in [-0.1, -0.05) is 12.1 Å². The Balaban J connectivity index is 1.45. The Morgan fingerprint density at radius 2 is 2.21 bits per heavy atom. The van der Waals surface area contributed by atoms with Crippen molar-refractivity contribution in [2.75, 3.05) is 24.6 Å². The van der Waals surface area contributed by atoms with Crippen LogP contribution in [0.5, 0.6) is 0 Å². The lowest BCUT2D eigenvalue weighted by Gasteiger charge is -2.33. The molecule has 0 amide bonds. The molecule has 1 aromatic carbocycles. The zero-order valence-corrected chi connectivity index (χ0v) is 16.7. The molecule has 3 aromatic heterocycles. The number of anilines is 1. The molecule has 0 spiro atoms. The van der Waals surface area contributed by atoms with E-state index in [-0.39, 0.29) is 11.6 Å². The van der Waals surface area contributed by atoms with E-state index in [1.165, 1.54) is 0 Å². The van der Waals surface area contributed by atoms with Gasteiger partial charge in [0.05, 0.1) is 41.3 Å². The molecule has 0 radical (unpaired) electrons. The van der Waals surface area contributed by atoms with Crippen molar-refractivity contribution in [1.29, 1.82) is 0 Å². The molecule has 1 aliphatic rings. The van der Waals surface area contributed by atoms with E-state index in [1.807, 2.05) is 38.4 Å². The molecule has 7 nitrogen and oxygen atoms in total. The number of benzene rings is 1. The topological polar surface area (TPSA) is 92.9 Å². The molecule has 4 heterocycles. The van der Waals surface area contributed by atoms with Crippen molar-refractivity contribution in [2.24, 2.45) is 5.73 Å². The zero-order chi connectivity index (χ0) is 19.3. The third-order valence-electron chi connectivity index (χ3n) is 5.11. The van der Waals surface area contributed by atoms with Crippen LogP contribution in [-0.2, 0) is 10.3 Å². The molecule has 0 aliphatic carbocycles. The fraction of sp³-hybridized carbons (Fsp3) is 0.350. The van der Waals surface area contributed by atoms with Crippen molar-refractivity contribution in [3.05, 3.63) is 47.1 Å². The van der Waals surface area contributed by atoms with Crippen LogP contribution < -0.4 is 10.6 Å². The van der Waals surface area contributed by atoms with E-state index in [0.29, 0.717) is 13.2 Å². The van der Waals surface area contributed by atoms with Crippen LogP contribution in [0.2, 0.25) is 0 Å². The van der Waals surface area contributed by atoms with Crippen molar-refractivity contribution in [3.8, 4) is 0 Å². The van der Waals surface area contributed by atoms with Crippen LogP contribution >= 0.6 is 11.3 Å². The summed E-state index contributed by atoms with van der Waals surface area (Å²) in [5.74, 6) is 0.736. The third-order valence-corrected chi connectivity index (χ3v) is 6.51. The summed E-state index contributed by atoms with van der Waals surface area (Å²) in [4.78, 5) is 12.7. The zero-order valence-electron chi connectivity index (χ0n) is 15.8. The smallest absolute Gasteiger partial charge is 0.226 e. The SMILES string of the molecule is CC(C)(N)c1cc2nc(N3CCOC(c4cccc5[nH]ncc45)C3)ncc2s1. The highest BCUT2D eigenvalue weighted by Gasteiger charge is 2.26. The summed E-state index contributed by atoms with van der Waals surface area (Å²) in [6, 6.07) is 8.23. The van der Waals surface area contributed by atoms with Crippen LogP contribution in [0.3, 0.4) is 0 Å². The lowest BCUT2D eigenvalue weighted by Crippen LogP contribution is -2.39. The molecule has 1 fully saturated rings. The molecule has 5 rings (SSSR count). The number of H-pyrrole nitrogens is 1. The van der Waals surface area contributed by atoms with Crippen LogP contribution in [0.25, 0.3) is 21.1 Å². The predicted octanol–water partition coefficient (Wildman–Crippen LogP) is 3.34. The molecule has 1 unspecified atom stereocenters. The Morgan fingerprint density at radius 3 is 3.07 bits per heavy atom. The number of nitrogens with one attached hydrogen (secondary N) is 1. The number of hydrogen-bond donors (Lipinski definition) is 2. The van der Waals surface area contributed by atoms with E-state index < -0.39 is 0 Å². The highest BCUT2D eigenvalue weighted by atomic mass is 32.1. The lowest BCUT2D eigenvalue weighted by atomic mass is 10.0. The summed E-state index contributed by atoms with van der Waals surface area (Å²) in [6.07, 6.45) is 3.71. The minimum atomic E-state index is -0.376. The minimum absolute atomic E-state index is 0.0460. The molecule has 1 saturated heterocycles. The average Bonchev–Trinajstić information content (AvgIpc) is 3.33. The molecule has 3 N–H and O–H groups in total. The molecule has 8 heteroatoms. The number of morpholine rings is 1. The summed E-state index contributed by atoms with van der Waals surface area (Å²) in [5.41, 5.74) is 8.98. The van der Waals surface area contributed by atoms with Crippen molar-refractivity contribution < 1.29 is 4.74 Å². The monoisotopic (exact) mass is 394 g/mol. The molecule has 0 saturated carbocycles. The second kappa shape index (κ2) is 6.51. The number of nitrogens with zero attached hydrogens (tertiary/aromatic N) is 4. The van der Waals surface area contributed by atoms with Gasteiger partial charge in [-0.15, -0.1) is 11.3 Å². The van der Waals surface area contributed by atoms with Gasteiger partial charge in [0.1, 0.15) is 6.10 Å². The molecular formula is C20H22N6OS. The number of aromatic amines is 1. The van der Waals surface area contributed by atoms with E-state index in [2.05, 4.69) is 32.2 Å². The number of nitrogens with two attached hydrogens (primary N) is 1. The van der Waals surface area contributed by atoms with E-state index in [1.54, 1.807) is 11.3 Å². The standard InChI is InChI=1S/C20H22N6OS/c1-20(2,21)18-8-15-17(28-18)10-22-19(24-15)26-6-7-27-16(11-26)12-4-3-5-14-13(12)9-23-25-14/h3-5,8-10,16H,6-7,11,21H2,1-2H3,(H,23,25). The average molecular weight is 395 g/mol. The first kappa shape index (κ1) is 17.5. The summed E-state index contributed by atoms with van der Waals surface area (Å²) in [6.45, 7) is 6.12.